The molecule has 1 heterocycles. The second-order valence-electron chi connectivity index (χ2n) is 6.15. The number of carbonyl (C=O) groups excluding carboxylic acids is 1. The van der Waals surface area contributed by atoms with E-state index in [0.717, 1.165) is 10.2 Å². The third-order valence-corrected chi connectivity index (χ3v) is 6.75. The van der Waals surface area contributed by atoms with Crippen LogP contribution in [0.3, 0.4) is 0 Å². The SMILES string of the molecule is O=C(CCCOc1ccccc1Br)NC1CCS(=O)(=O)c2ccccc21. The number of hydrogen-bond donors (Lipinski definition) is 1. The number of amides is 1. The second-order valence-corrected chi connectivity index (χ2v) is 9.08. The number of nitrogens with one attached hydrogen (secondary N) is 1. The maximum absolute atomic E-state index is 12.2. The second kappa shape index (κ2) is 8.22. The molecule has 1 N–H and O–H groups in total. The zero-order chi connectivity index (χ0) is 18.6. The zero-order valence-electron chi connectivity index (χ0n) is 14.2. The van der Waals surface area contributed by atoms with E-state index in [9.17, 15) is 13.2 Å². The van der Waals surface area contributed by atoms with E-state index in [0.29, 0.717) is 36.3 Å². The highest BCUT2D eigenvalue weighted by atomic mass is 79.9. The van der Waals surface area contributed by atoms with Crippen LogP contribution in [0.1, 0.15) is 30.9 Å². The molecule has 0 bridgehead atoms. The molecule has 1 amide bonds. The number of rotatable bonds is 6. The maximum atomic E-state index is 12.2. The molecule has 0 radical (unpaired) electrons. The van der Waals surface area contributed by atoms with Crippen LogP contribution in [0.15, 0.2) is 57.9 Å². The van der Waals surface area contributed by atoms with Crippen LogP contribution in [0.25, 0.3) is 0 Å². The first-order valence-electron chi connectivity index (χ1n) is 8.46. The van der Waals surface area contributed by atoms with Crippen molar-refractivity contribution in [3.63, 3.8) is 0 Å². The number of carbonyl (C=O) groups is 1. The number of hydrogen-bond acceptors (Lipinski definition) is 4. The van der Waals surface area contributed by atoms with Crippen LogP contribution in [0.4, 0.5) is 0 Å². The number of benzene rings is 2. The number of sulfone groups is 1. The Kier molecular flexibility index (Phi) is 5.98. The lowest BCUT2D eigenvalue weighted by atomic mass is 10.0. The Morgan fingerprint density at radius 3 is 2.69 bits per heavy atom. The minimum Gasteiger partial charge on any atom is -0.492 e. The molecule has 2 aromatic rings. The summed E-state index contributed by atoms with van der Waals surface area (Å²) in [5, 5.41) is 2.95. The van der Waals surface area contributed by atoms with E-state index in [-0.39, 0.29) is 17.7 Å². The predicted molar refractivity (Wildman–Crippen MR) is 103 cm³/mol. The van der Waals surface area contributed by atoms with Gasteiger partial charge in [-0.1, -0.05) is 30.3 Å². The molecule has 0 saturated heterocycles. The first-order chi connectivity index (χ1) is 12.5. The standard InChI is InChI=1S/C19H20BrNO4S/c20-15-7-2-3-8-17(15)25-12-5-10-19(22)21-16-11-13-26(23,24)18-9-4-1-6-14(16)18/h1-4,6-9,16H,5,10-13H2,(H,21,22). The van der Waals surface area contributed by atoms with Gasteiger partial charge in [0.1, 0.15) is 5.75 Å². The van der Waals surface area contributed by atoms with Gasteiger partial charge < -0.3 is 10.1 Å². The highest BCUT2D eigenvalue weighted by Gasteiger charge is 2.30. The minimum absolute atomic E-state index is 0.0557. The van der Waals surface area contributed by atoms with Gasteiger partial charge in [0.2, 0.25) is 5.91 Å². The van der Waals surface area contributed by atoms with Gasteiger partial charge >= 0.3 is 0 Å². The van der Waals surface area contributed by atoms with E-state index in [1.807, 2.05) is 24.3 Å². The number of halogens is 1. The molecule has 0 aromatic heterocycles. The van der Waals surface area contributed by atoms with E-state index in [1.165, 1.54) is 0 Å². The van der Waals surface area contributed by atoms with E-state index >= 15 is 0 Å². The van der Waals surface area contributed by atoms with Crippen molar-refractivity contribution in [1.82, 2.24) is 5.32 Å². The molecule has 138 valence electrons. The molecule has 2 aromatic carbocycles. The van der Waals surface area contributed by atoms with Crippen LogP contribution >= 0.6 is 15.9 Å². The van der Waals surface area contributed by atoms with Gasteiger partial charge in [-0.05, 0) is 52.5 Å². The van der Waals surface area contributed by atoms with Crippen LogP contribution in [0, 0.1) is 0 Å². The quantitative estimate of drug-likeness (QED) is 0.699. The van der Waals surface area contributed by atoms with Gasteiger partial charge in [0.05, 0.1) is 27.8 Å². The molecule has 1 unspecified atom stereocenters. The van der Waals surface area contributed by atoms with Gasteiger partial charge in [0.15, 0.2) is 9.84 Å². The van der Waals surface area contributed by atoms with Crippen molar-refractivity contribution < 1.29 is 17.9 Å². The maximum Gasteiger partial charge on any atom is 0.220 e. The molecule has 0 fully saturated rings. The summed E-state index contributed by atoms with van der Waals surface area (Å²) < 4.78 is 30.8. The van der Waals surface area contributed by atoms with Crippen LogP contribution in [0.2, 0.25) is 0 Å². The molecule has 1 atom stereocenters. The first kappa shape index (κ1) is 18.9. The lowest BCUT2D eigenvalue weighted by Crippen LogP contribution is -2.33. The smallest absolute Gasteiger partial charge is 0.220 e. The average Bonchev–Trinajstić information content (AvgIpc) is 2.63. The van der Waals surface area contributed by atoms with Crippen LogP contribution in [0.5, 0.6) is 5.75 Å². The van der Waals surface area contributed by atoms with E-state index < -0.39 is 9.84 Å². The lowest BCUT2D eigenvalue weighted by molar-refractivity contribution is -0.122. The van der Waals surface area contributed by atoms with Gasteiger partial charge in [0.25, 0.3) is 0 Å². The topological polar surface area (TPSA) is 72.5 Å². The normalized spacial score (nSPS) is 18.0. The molecule has 3 rings (SSSR count). The molecule has 0 aliphatic carbocycles. The lowest BCUT2D eigenvalue weighted by Gasteiger charge is -2.26. The molecule has 26 heavy (non-hydrogen) atoms. The van der Waals surface area contributed by atoms with E-state index in [2.05, 4.69) is 21.2 Å². The number of para-hydroxylation sites is 1. The van der Waals surface area contributed by atoms with Gasteiger partial charge in [-0.15, -0.1) is 0 Å². The van der Waals surface area contributed by atoms with E-state index in [1.54, 1.807) is 24.3 Å². The molecule has 5 nitrogen and oxygen atoms in total. The summed E-state index contributed by atoms with van der Waals surface area (Å²) in [5.41, 5.74) is 0.677. The van der Waals surface area contributed by atoms with Crippen molar-refractivity contribution in [1.29, 1.82) is 0 Å². The largest absolute Gasteiger partial charge is 0.492 e. The van der Waals surface area contributed by atoms with Gasteiger partial charge in [-0.2, -0.15) is 0 Å². The average molecular weight is 438 g/mol. The summed E-state index contributed by atoms with van der Waals surface area (Å²) in [7, 11) is -3.24. The third kappa shape index (κ3) is 4.45. The van der Waals surface area contributed by atoms with Crippen molar-refractivity contribution in [3.8, 4) is 5.75 Å². The highest BCUT2D eigenvalue weighted by Crippen LogP contribution is 2.32. The van der Waals surface area contributed by atoms with Crippen LogP contribution in [-0.2, 0) is 14.6 Å². The van der Waals surface area contributed by atoms with Gasteiger partial charge in [-0.25, -0.2) is 8.42 Å². The van der Waals surface area contributed by atoms with Crippen molar-refractivity contribution in [2.45, 2.75) is 30.2 Å². The van der Waals surface area contributed by atoms with Crippen molar-refractivity contribution >= 4 is 31.7 Å². The Labute approximate surface area is 161 Å². The summed E-state index contributed by atoms with van der Waals surface area (Å²) in [6, 6.07) is 14.2. The summed E-state index contributed by atoms with van der Waals surface area (Å²) >= 11 is 3.41. The fourth-order valence-electron chi connectivity index (χ4n) is 2.98. The minimum atomic E-state index is -3.24. The Bertz CT molecular complexity index is 898. The van der Waals surface area contributed by atoms with Gasteiger partial charge in [0, 0.05) is 6.42 Å². The van der Waals surface area contributed by atoms with Crippen molar-refractivity contribution in [2.75, 3.05) is 12.4 Å². The van der Waals surface area contributed by atoms with Crippen molar-refractivity contribution in [2.24, 2.45) is 0 Å². The first-order valence-corrected chi connectivity index (χ1v) is 10.9. The Morgan fingerprint density at radius 1 is 1.15 bits per heavy atom. The fraction of sp³-hybridized carbons (Fsp3) is 0.316. The number of ether oxygens (including phenoxy) is 1. The van der Waals surface area contributed by atoms with Crippen LogP contribution in [-0.4, -0.2) is 26.7 Å². The fourth-order valence-corrected chi connectivity index (χ4v) is 5.00. The molecule has 1 aliphatic rings. The number of fused-ring (bicyclic) bond motifs is 1. The Morgan fingerprint density at radius 2 is 1.88 bits per heavy atom. The molecular formula is C19H20BrNO4S. The third-order valence-electron chi connectivity index (χ3n) is 4.28. The summed E-state index contributed by atoms with van der Waals surface area (Å²) in [6.45, 7) is 0.436. The zero-order valence-corrected chi connectivity index (χ0v) is 16.6. The molecule has 1 aliphatic heterocycles. The highest BCUT2D eigenvalue weighted by molar-refractivity contribution is 9.10. The Hall–Kier alpha value is -1.86. The monoisotopic (exact) mass is 437 g/mol. The molecule has 7 heteroatoms. The predicted octanol–water partition coefficient (Wildman–Crippen LogP) is 3.64. The molecule has 0 saturated carbocycles. The summed E-state index contributed by atoms with van der Waals surface area (Å²) in [6.07, 6.45) is 1.31. The molecular weight excluding hydrogens is 418 g/mol. The van der Waals surface area contributed by atoms with Crippen molar-refractivity contribution in [3.05, 3.63) is 58.6 Å². The Balaban J connectivity index is 1.52. The summed E-state index contributed by atoms with van der Waals surface area (Å²) in [5.74, 6) is 0.708. The van der Waals surface area contributed by atoms with E-state index in [4.69, 9.17) is 4.74 Å². The van der Waals surface area contributed by atoms with Crippen LogP contribution < -0.4 is 10.1 Å². The summed E-state index contributed by atoms with van der Waals surface area (Å²) in [4.78, 5) is 12.6. The van der Waals surface area contributed by atoms with Gasteiger partial charge in [-0.3, -0.25) is 4.79 Å². The molecule has 0 spiro atoms.